The number of amides is 1. The van der Waals surface area contributed by atoms with Gasteiger partial charge in [0.2, 0.25) is 11.9 Å². The van der Waals surface area contributed by atoms with Gasteiger partial charge in [-0.1, -0.05) is 20.8 Å². The van der Waals surface area contributed by atoms with E-state index in [2.05, 4.69) is 25.6 Å². The zero-order valence-corrected chi connectivity index (χ0v) is 19.6. The number of nitrogens with zero attached hydrogens (tertiary/aromatic N) is 4. The van der Waals surface area contributed by atoms with E-state index in [0.29, 0.717) is 17.0 Å². The molecule has 1 amide bonds. The molecule has 0 unspecified atom stereocenters. The molecule has 1 aliphatic rings. The Balaban J connectivity index is 1.92. The number of hydrogen-bond donors (Lipinski definition) is 2. The molecule has 0 radical (unpaired) electrons. The molecule has 0 spiro atoms. The van der Waals surface area contributed by atoms with Gasteiger partial charge in [0.25, 0.3) is 0 Å². The lowest BCUT2D eigenvalue weighted by Gasteiger charge is -2.21. The molecule has 0 aromatic carbocycles. The fourth-order valence-corrected chi connectivity index (χ4v) is 3.77. The number of rotatable bonds is 8. The van der Waals surface area contributed by atoms with Crippen LogP contribution in [0.15, 0.2) is 6.33 Å². The molecule has 4 atom stereocenters. The first-order valence-corrected chi connectivity index (χ1v) is 10.8. The van der Waals surface area contributed by atoms with E-state index in [1.165, 1.54) is 13.8 Å². The largest absolute Gasteiger partial charge is 0.463 e. The van der Waals surface area contributed by atoms with E-state index in [0.717, 1.165) is 0 Å². The first-order valence-electron chi connectivity index (χ1n) is 10.8. The maximum absolute atomic E-state index is 12.0. The first kappa shape index (κ1) is 24.4. The highest BCUT2D eigenvalue weighted by atomic mass is 16.6. The molecule has 2 aromatic rings. The summed E-state index contributed by atoms with van der Waals surface area (Å²) < 4.78 is 18.8. The highest BCUT2D eigenvalue weighted by Gasteiger charge is 2.46. The van der Waals surface area contributed by atoms with Crippen LogP contribution in [0.3, 0.4) is 0 Å². The third-order valence-corrected chi connectivity index (χ3v) is 5.15. The van der Waals surface area contributed by atoms with E-state index in [1.807, 2.05) is 20.8 Å². The molecule has 2 aromatic heterocycles. The van der Waals surface area contributed by atoms with Crippen LogP contribution in [0.5, 0.6) is 0 Å². The van der Waals surface area contributed by atoms with Gasteiger partial charge in [-0.15, -0.1) is 0 Å². The van der Waals surface area contributed by atoms with E-state index in [4.69, 9.17) is 14.2 Å². The standard InChI is InChI=1S/C21H30N6O6/c1-10(2)7-15(30)31-8-14-17(32-13(5)29)11(3)20(33-14)27-9-23-16-18(22-6)25-21(24-12(4)28)26-19(16)27/h9-11,14,17,20H,7-8H2,1-6H3,(H2,22,24,25,26,28)/t11-,14+,17-,20+/m0/s1. The van der Waals surface area contributed by atoms with Crippen LogP contribution < -0.4 is 10.6 Å². The van der Waals surface area contributed by atoms with Gasteiger partial charge in [-0.05, 0) is 5.92 Å². The van der Waals surface area contributed by atoms with E-state index in [-0.39, 0.29) is 42.7 Å². The number of carbonyl (C=O) groups is 3. The summed E-state index contributed by atoms with van der Waals surface area (Å²) >= 11 is 0. The Morgan fingerprint density at radius 3 is 2.58 bits per heavy atom. The summed E-state index contributed by atoms with van der Waals surface area (Å²) in [5.41, 5.74) is 0.909. The summed E-state index contributed by atoms with van der Waals surface area (Å²) in [6.45, 7) is 8.35. The number of anilines is 2. The molecular formula is C21H30N6O6. The molecule has 3 heterocycles. The van der Waals surface area contributed by atoms with Gasteiger partial charge in [-0.2, -0.15) is 9.97 Å². The zero-order chi connectivity index (χ0) is 24.3. The third kappa shape index (κ3) is 5.56. The van der Waals surface area contributed by atoms with Gasteiger partial charge in [-0.3, -0.25) is 24.3 Å². The maximum atomic E-state index is 12.0. The predicted octanol–water partition coefficient (Wildman–Crippen LogP) is 1.88. The number of nitrogens with one attached hydrogen (secondary N) is 2. The van der Waals surface area contributed by atoms with Gasteiger partial charge in [-0.25, -0.2) is 4.98 Å². The Morgan fingerprint density at radius 1 is 1.24 bits per heavy atom. The van der Waals surface area contributed by atoms with Crippen molar-refractivity contribution in [2.75, 3.05) is 24.3 Å². The van der Waals surface area contributed by atoms with Crippen molar-refractivity contribution < 1.29 is 28.6 Å². The Labute approximate surface area is 191 Å². The molecular weight excluding hydrogens is 432 g/mol. The van der Waals surface area contributed by atoms with Crippen LogP contribution in [0.2, 0.25) is 0 Å². The van der Waals surface area contributed by atoms with Crippen LogP contribution in [0.4, 0.5) is 11.8 Å². The number of aromatic nitrogens is 4. The molecule has 1 aliphatic heterocycles. The Kier molecular flexibility index (Phi) is 7.46. The number of ether oxygens (including phenoxy) is 3. The lowest BCUT2D eigenvalue weighted by Crippen LogP contribution is -2.34. The van der Waals surface area contributed by atoms with Crippen LogP contribution in [0.1, 0.15) is 47.3 Å². The van der Waals surface area contributed by atoms with Gasteiger partial charge in [0, 0.05) is 33.2 Å². The SMILES string of the molecule is CNc1nc(NC(C)=O)nc2c1ncn2[C@@H]1O[C@H](COC(=O)CC(C)C)[C@@H](OC(C)=O)[C@@H]1C. The van der Waals surface area contributed by atoms with Gasteiger partial charge < -0.3 is 19.5 Å². The monoisotopic (exact) mass is 462 g/mol. The van der Waals surface area contributed by atoms with Crippen LogP contribution in [0, 0.1) is 11.8 Å². The number of carbonyl (C=O) groups excluding carboxylic acids is 3. The first-order chi connectivity index (χ1) is 15.6. The second-order valence-corrected chi connectivity index (χ2v) is 8.43. The van der Waals surface area contributed by atoms with Crippen molar-refractivity contribution in [2.45, 2.75) is 59.5 Å². The molecule has 3 rings (SSSR count). The second kappa shape index (κ2) is 10.1. The molecule has 12 heteroatoms. The van der Waals surface area contributed by atoms with Gasteiger partial charge in [0.1, 0.15) is 25.0 Å². The molecule has 1 saturated heterocycles. The summed E-state index contributed by atoms with van der Waals surface area (Å²) in [6.07, 6.45) is -0.0826. The topological polar surface area (TPSA) is 147 Å². The minimum absolute atomic E-state index is 0.0507. The summed E-state index contributed by atoms with van der Waals surface area (Å²) in [7, 11) is 1.69. The summed E-state index contributed by atoms with van der Waals surface area (Å²) in [6, 6.07) is 0. The van der Waals surface area contributed by atoms with Crippen molar-refractivity contribution in [3.8, 4) is 0 Å². The van der Waals surface area contributed by atoms with Gasteiger partial charge in [0.15, 0.2) is 17.0 Å². The van der Waals surface area contributed by atoms with Gasteiger partial charge >= 0.3 is 11.9 Å². The molecule has 0 bridgehead atoms. The summed E-state index contributed by atoms with van der Waals surface area (Å²) in [5, 5.41) is 5.52. The predicted molar refractivity (Wildman–Crippen MR) is 118 cm³/mol. The minimum atomic E-state index is -0.664. The normalized spacial score (nSPS) is 22.4. The average Bonchev–Trinajstić information content (AvgIpc) is 3.26. The second-order valence-electron chi connectivity index (χ2n) is 8.43. The number of fused-ring (bicyclic) bond motifs is 1. The van der Waals surface area contributed by atoms with E-state index >= 15 is 0 Å². The van der Waals surface area contributed by atoms with Crippen LogP contribution in [-0.2, 0) is 28.6 Å². The summed E-state index contributed by atoms with van der Waals surface area (Å²) in [5.74, 6) is -0.715. The highest BCUT2D eigenvalue weighted by Crippen LogP contribution is 2.38. The van der Waals surface area contributed by atoms with Crippen LogP contribution >= 0.6 is 0 Å². The lowest BCUT2D eigenvalue weighted by molar-refractivity contribution is -0.157. The molecule has 0 saturated carbocycles. The molecule has 0 aliphatic carbocycles. The van der Waals surface area contributed by atoms with Crippen LogP contribution in [-0.4, -0.2) is 63.2 Å². The lowest BCUT2D eigenvalue weighted by atomic mass is 10.0. The third-order valence-electron chi connectivity index (χ3n) is 5.15. The Morgan fingerprint density at radius 2 is 1.97 bits per heavy atom. The number of hydrogen-bond acceptors (Lipinski definition) is 10. The molecule has 33 heavy (non-hydrogen) atoms. The van der Waals surface area contributed by atoms with E-state index < -0.39 is 24.4 Å². The fraction of sp³-hybridized carbons (Fsp3) is 0.619. The van der Waals surface area contributed by atoms with Crippen molar-refractivity contribution in [1.82, 2.24) is 19.5 Å². The number of esters is 2. The fourth-order valence-electron chi connectivity index (χ4n) is 3.77. The Hall–Kier alpha value is -3.28. The molecule has 12 nitrogen and oxygen atoms in total. The molecule has 1 fully saturated rings. The van der Waals surface area contributed by atoms with Crippen LogP contribution in [0.25, 0.3) is 11.2 Å². The van der Waals surface area contributed by atoms with Crippen molar-refractivity contribution in [2.24, 2.45) is 11.8 Å². The molecule has 180 valence electrons. The van der Waals surface area contributed by atoms with Crippen molar-refractivity contribution >= 4 is 40.8 Å². The number of imidazole rings is 1. The Bertz CT molecular complexity index is 1040. The minimum Gasteiger partial charge on any atom is -0.463 e. The highest BCUT2D eigenvalue weighted by molar-refractivity contribution is 5.90. The van der Waals surface area contributed by atoms with Gasteiger partial charge in [0.05, 0.1) is 6.33 Å². The maximum Gasteiger partial charge on any atom is 0.306 e. The van der Waals surface area contributed by atoms with Crippen molar-refractivity contribution in [3.63, 3.8) is 0 Å². The quantitative estimate of drug-likeness (QED) is 0.557. The summed E-state index contributed by atoms with van der Waals surface area (Å²) in [4.78, 5) is 48.4. The average molecular weight is 463 g/mol. The zero-order valence-electron chi connectivity index (χ0n) is 19.6. The van der Waals surface area contributed by atoms with E-state index in [1.54, 1.807) is 17.9 Å². The molecule has 2 N–H and O–H groups in total. The van der Waals surface area contributed by atoms with E-state index in [9.17, 15) is 14.4 Å². The van der Waals surface area contributed by atoms with Crippen molar-refractivity contribution in [3.05, 3.63) is 6.33 Å². The van der Waals surface area contributed by atoms with Crippen molar-refractivity contribution in [1.29, 1.82) is 0 Å². The smallest absolute Gasteiger partial charge is 0.306 e.